The molecular weight excluding hydrogens is 558 g/mol. The highest BCUT2D eigenvalue weighted by molar-refractivity contribution is 9.10. The lowest BCUT2D eigenvalue weighted by Crippen LogP contribution is -2.51. The topological polar surface area (TPSA) is 56.5 Å². The molecule has 0 amide bonds. The minimum absolute atomic E-state index is 0.0107. The summed E-state index contributed by atoms with van der Waals surface area (Å²) in [4.78, 5) is 30.0. The first kappa shape index (κ1) is 29.0. The van der Waals surface area contributed by atoms with Crippen molar-refractivity contribution in [3.05, 3.63) is 78.9 Å². The average Bonchev–Trinajstić information content (AvgIpc) is 2.83. The Hall–Kier alpha value is -2.00. The predicted octanol–water partition coefficient (Wildman–Crippen LogP) is 6.03. The normalized spacial score (nSPS) is 15.7. The van der Waals surface area contributed by atoms with Crippen LogP contribution < -0.4 is 11.2 Å². The Morgan fingerprint density at radius 2 is 1.66 bits per heavy atom. The van der Waals surface area contributed by atoms with Gasteiger partial charge in [0.15, 0.2) is 8.32 Å². The number of nitrogens with zero attached hydrogens (tertiary/aromatic N) is 3. The second-order valence-electron chi connectivity index (χ2n) is 12.6. The van der Waals surface area contributed by atoms with Gasteiger partial charge in [0.05, 0.1) is 23.6 Å². The van der Waals surface area contributed by atoms with Gasteiger partial charge in [0.25, 0.3) is 5.56 Å². The molecule has 1 aliphatic rings. The van der Waals surface area contributed by atoms with Gasteiger partial charge < -0.3 is 4.43 Å². The number of benzene rings is 2. The third-order valence-electron chi connectivity index (χ3n) is 8.06. The van der Waals surface area contributed by atoms with Gasteiger partial charge in [0.2, 0.25) is 0 Å². The molecule has 0 fully saturated rings. The maximum Gasteiger partial charge on any atom is 0.331 e. The number of fused-ring (bicyclic) bond motifs is 2. The molecule has 0 bridgehead atoms. The molecule has 3 aromatic rings. The number of hydrogen-bond acceptors (Lipinski definition) is 4. The molecule has 0 radical (unpaired) electrons. The first-order valence-corrected chi connectivity index (χ1v) is 17.4. The molecule has 206 valence electrons. The molecule has 0 N–H and O–H groups in total. The van der Waals surface area contributed by atoms with E-state index in [4.69, 9.17) is 4.43 Å². The Labute approximate surface area is 235 Å². The van der Waals surface area contributed by atoms with Crippen LogP contribution in [0.2, 0.25) is 18.1 Å². The summed E-state index contributed by atoms with van der Waals surface area (Å²) in [5.41, 5.74) is 2.92. The molecule has 0 saturated carbocycles. The van der Waals surface area contributed by atoms with Gasteiger partial charge in [-0.15, -0.1) is 0 Å². The summed E-state index contributed by atoms with van der Waals surface area (Å²) in [5, 5.41) is 0.564. The standard InChI is InChI=1S/C30H42BrN3O3Si/c1-21(2)17-33-27-13-12-24(31)16-26(27)28(35)34(29(33)36)20-25(37-38(6,7)30(3,4)5)19-32-15-14-22-10-8-9-11-23(22)18-32/h8-13,16,21,25H,14-15,17-20H2,1-7H3/t25-/m1/s1. The molecule has 38 heavy (non-hydrogen) atoms. The lowest BCUT2D eigenvalue weighted by molar-refractivity contribution is 0.0968. The first-order chi connectivity index (χ1) is 17.8. The summed E-state index contributed by atoms with van der Waals surface area (Å²) < 4.78 is 10.9. The van der Waals surface area contributed by atoms with E-state index < -0.39 is 8.32 Å². The van der Waals surface area contributed by atoms with Gasteiger partial charge in [0, 0.05) is 30.7 Å². The Bertz CT molecular complexity index is 1420. The lowest BCUT2D eigenvalue weighted by atomic mass is 10.00. The fourth-order valence-electron chi connectivity index (χ4n) is 5.03. The molecule has 0 saturated heterocycles. The molecule has 1 aliphatic heterocycles. The van der Waals surface area contributed by atoms with Gasteiger partial charge in [-0.05, 0) is 59.8 Å². The molecule has 2 heterocycles. The number of hydrogen-bond donors (Lipinski definition) is 0. The fraction of sp³-hybridized carbons (Fsp3) is 0.533. The number of rotatable bonds is 8. The smallest absolute Gasteiger partial charge is 0.331 e. The quantitative estimate of drug-likeness (QED) is 0.297. The molecule has 4 rings (SSSR count). The van der Waals surface area contributed by atoms with Crippen LogP contribution in [-0.2, 0) is 30.5 Å². The third-order valence-corrected chi connectivity index (χ3v) is 13.1. The van der Waals surface area contributed by atoms with E-state index in [9.17, 15) is 9.59 Å². The maximum absolute atomic E-state index is 13.8. The van der Waals surface area contributed by atoms with E-state index in [2.05, 4.69) is 92.8 Å². The van der Waals surface area contributed by atoms with Crippen LogP contribution in [0, 0.1) is 5.92 Å². The van der Waals surface area contributed by atoms with Crippen molar-refractivity contribution in [2.24, 2.45) is 5.92 Å². The highest BCUT2D eigenvalue weighted by Gasteiger charge is 2.40. The van der Waals surface area contributed by atoms with Crippen LogP contribution in [0.4, 0.5) is 0 Å². The molecule has 8 heteroatoms. The molecule has 2 aromatic carbocycles. The maximum atomic E-state index is 13.8. The van der Waals surface area contributed by atoms with Crippen molar-refractivity contribution in [2.45, 2.75) is 84.9 Å². The second kappa shape index (κ2) is 11.2. The lowest BCUT2D eigenvalue weighted by Gasteiger charge is -2.41. The number of halogens is 1. The summed E-state index contributed by atoms with van der Waals surface area (Å²) in [6, 6.07) is 14.2. The molecule has 0 unspecified atom stereocenters. The minimum atomic E-state index is -2.17. The SMILES string of the molecule is CC(C)Cn1c(=O)n(C[C@@H](CN2CCc3ccccc3C2)O[Si](C)(C)C(C)(C)C)c(=O)c2cc(Br)ccc21. The second-order valence-corrected chi connectivity index (χ2v) is 18.3. The zero-order valence-electron chi connectivity index (χ0n) is 23.9. The van der Waals surface area contributed by atoms with Crippen molar-refractivity contribution in [1.29, 1.82) is 0 Å². The highest BCUT2D eigenvalue weighted by Crippen LogP contribution is 2.37. The Kier molecular flexibility index (Phi) is 8.57. The van der Waals surface area contributed by atoms with Crippen molar-refractivity contribution in [1.82, 2.24) is 14.0 Å². The summed E-state index contributed by atoms with van der Waals surface area (Å²) in [5.74, 6) is 0.262. The van der Waals surface area contributed by atoms with E-state index in [-0.39, 0.29) is 34.9 Å². The van der Waals surface area contributed by atoms with E-state index in [1.165, 1.54) is 15.7 Å². The van der Waals surface area contributed by atoms with Crippen molar-refractivity contribution >= 4 is 35.2 Å². The van der Waals surface area contributed by atoms with Crippen LogP contribution in [0.15, 0.2) is 56.5 Å². The van der Waals surface area contributed by atoms with Gasteiger partial charge in [-0.25, -0.2) is 4.79 Å². The van der Waals surface area contributed by atoms with Crippen LogP contribution in [0.25, 0.3) is 10.9 Å². The van der Waals surface area contributed by atoms with Gasteiger partial charge in [0.1, 0.15) is 0 Å². The van der Waals surface area contributed by atoms with Crippen molar-refractivity contribution in [2.75, 3.05) is 13.1 Å². The molecular formula is C30H42BrN3O3Si. The largest absolute Gasteiger partial charge is 0.411 e. The van der Waals surface area contributed by atoms with Crippen LogP contribution in [0.1, 0.15) is 45.7 Å². The van der Waals surface area contributed by atoms with Gasteiger partial charge in [-0.1, -0.05) is 74.8 Å². The molecule has 0 aliphatic carbocycles. The molecule has 1 atom stereocenters. The van der Waals surface area contributed by atoms with E-state index in [1.807, 2.05) is 18.2 Å². The molecule has 1 aromatic heterocycles. The Morgan fingerprint density at radius 3 is 2.32 bits per heavy atom. The number of aromatic nitrogens is 2. The Morgan fingerprint density at radius 1 is 0.974 bits per heavy atom. The van der Waals surface area contributed by atoms with E-state index >= 15 is 0 Å². The highest BCUT2D eigenvalue weighted by atomic mass is 79.9. The predicted molar refractivity (Wildman–Crippen MR) is 162 cm³/mol. The summed E-state index contributed by atoms with van der Waals surface area (Å²) in [6.45, 7) is 18.6. The van der Waals surface area contributed by atoms with Crippen molar-refractivity contribution in [3.63, 3.8) is 0 Å². The zero-order valence-corrected chi connectivity index (χ0v) is 26.5. The minimum Gasteiger partial charge on any atom is -0.411 e. The van der Waals surface area contributed by atoms with Gasteiger partial charge >= 0.3 is 5.69 Å². The zero-order chi connectivity index (χ0) is 27.8. The first-order valence-electron chi connectivity index (χ1n) is 13.7. The summed E-state index contributed by atoms with van der Waals surface area (Å²) >= 11 is 3.52. The van der Waals surface area contributed by atoms with Crippen LogP contribution in [0.5, 0.6) is 0 Å². The van der Waals surface area contributed by atoms with Gasteiger partial charge in [-0.3, -0.25) is 18.8 Å². The van der Waals surface area contributed by atoms with Gasteiger partial charge in [-0.2, -0.15) is 0 Å². The van der Waals surface area contributed by atoms with E-state index in [0.29, 0.717) is 24.0 Å². The molecule has 6 nitrogen and oxygen atoms in total. The van der Waals surface area contributed by atoms with Crippen LogP contribution >= 0.6 is 15.9 Å². The van der Waals surface area contributed by atoms with Crippen molar-refractivity contribution < 1.29 is 4.43 Å². The van der Waals surface area contributed by atoms with Crippen LogP contribution in [0.3, 0.4) is 0 Å². The summed E-state index contributed by atoms with van der Waals surface area (Å²) in [6.07, 6.45) is 0.720. The van der Waals surface area contributed by atoms with Crippen LogP contribution in [-0.4, -0.2) is 41.5 Å². The average molecular weight is 601 g/mol. The van der Waals surface area contributed by atoms with E-state index in [0.717, 1.165) is 24.0 Å². The Balaban J connectivity index is 1.75. The third kappa shape index (κ3) is 6.24. The fourth-order valence-corrected chi connectivity index (χ4v) is 6.72. The monoisotopic (exact) mass is 599 g/mol. The summed E-state index contributed by atoms with van der Waals surface area (Å²) in [7, 11) is -2.17. The van der Waals surface area contributed by atoms with E-state index in [1.54, 1.807) is 4.57 Å². The molecule has 0 spiro atoms. The van der Waals surface area contributed by atoms with Crippen molar-refractivity contribution in [3.8, 4) is 0 Å².